The minimum atomic E-state index is -2.93. The van der Waals surface area contributed by atoms with Crippen molar-refractivity contribution in [3.63, 3.8) is 0 Å². The summed E-state index contributed by atoms with van der Waals surface area (Å²) < 4.78 is 28.9. The van der Waals surface area contributed by atoms with Gasteiger partial charge < -0.3 is 27.4 Å². The highest BCUT2D eigenvalue weighted by Crippen LogP contribution is 2.26. The Labute approximate surface area is 113 Å². The second kappa shape index (κ2) is 5.32. The largest absolute Gasteiger partial charge is 1.00 e. The number of quaternary nitrogens is 1. The third-order valence-corrected chi connectivity index (χ3v) is 5.55. The molecule has 2 rings (SSSR count). The topological polar surface area (TPSA) is 86.5 Å². The number of hydrogen-bond acceptors (Lipinski definition) is 4. The van der Waals surface area contributed by atoms with Gasteiger partial charge in [-0.05, 0) is 6.92 Å². The van der Waals surface area contributed by atoms with Gasteiger partial charge in [0.05, 0.1) is 31.2 Å². The molecule has 8 heteroatoms. The van der Waals surface area contributed by atoms with Crippen LogP contribution >= 0.6 is 0 Å². The zero-order chi connectivity index (χ0) is 12.7. The maximum Gasteiger partial charge on any atom is 0.278 e. The monoisotopic (exact) mass is 298 g/mol. The first-order chi connectivity index (χ1) is 7.86. The van der Waals surface area contributed by atoms with Gasteiger partial charge in [0.1, 0.15) is 12.6 Å². The summed E-state index contributed by atoms with van der Waals surface area (Å²) in [5.74, 6) is -0.107. The van der Waals surface area contributed by atoms with Crippen molar-refractivity contribution in [3.05, 3.63) is 0 Å². The predicted molar refractivity (Wildman–Crippen MR) is 61.9 cm³/mol. The second-order valence-corrected chi connectivity index (χ2v) is 7.27. The molecule has 2 saturated heterocycles. The van der Waals surface area contributed by atoms with Gasteiger partial charge in [0.15, 0.2) is 15.9 Å². The SMILES string of the molecule is C[C@H]1OCC[N+]2(CCS(=O)(=O)CC2)[C@@H]1C(N)=O.[Cl-]. The van der Waals surface area contributed by atoms with Crippen LogP contribution < -0.4 is 18.1 Å². The van der Waals surface area contributed by atoms with Crippen molar-refractivity contribution in [1.29, 1.82) is 0 Å². The standard InChI is InChI=1S/C10H18N2O4S.ClH/c1-8-9(10(11)13)12(2-5-16-8)3-6-17(14,15)7-4-12;/h8-9H,2-7H2,1H3,(H-,11,13);1H/t8-,9+;/m1./s1. The van der Waals surface area contributed by atoms with E-state index in [1.165, 1.54) is 0 Å². The number of hydrogen-bond donors (Lipinski definition) is 1. The number of nitrogens with zero attached hydrogens (tertiary/aromatic N) is 1. The third-order valence-electron chi connectivity index (χ3n) is 3.94. The van der Waals surface area contributed by atoms with Crippen LogP contribution in [0.4, 0.5) is 0 Å². The van der Waals surface area contributed by atoms with Crippen molar-refractivity contribution in [2.45, 2.75) is 19.1 Å². The molecule has 2 aliphatic heterocycles. The molecule has 2 fully saturated rings. The molecule has 2 heterocycles. The van der Waals surface area contributed by atoms with Crippen LogP contribution in [0.1, 0.15) is 6.92 Å². The first-order valence-electron chi connectivity index (χ1n) is 5.83. The molecule has 2 atom stereocenters. The van der Waals surface area contributed by atoms with E-state index in [1.54, 1.807) is 0 Å². The normalized spacial score (nSPS) is 33.6. The summed E-state index contributed by atoms with van der Waals surface area (Å²) in [7, 11) is -2.93. The Morgan fingerprint density at radius 3 is 2.33 bits per heavy atom. The molecule has 2 N–H and O–H groups in total. The number of sulfone groups is 1. The molecule has 0 aliphatic carbocycles. The minimum absolute atomic E-state index is 0. The molecule has 1 spiro atoms. The van der Waals surface area contributed by atoms with Crippen molar-refractivity contribution in [1.82, 2.24) is 0 Å². The second-order valence-electron chi connectivity index (χ2n) is 4.96. The van der Waals surface area contributed by atoms with Gasteiger partial charge in [-0.1, -0.05) is 0 Å². The van der Waals surface area contributed by atoms with Gasteiger partial charge in [-0.15, -0.1) is 0 Å². The van der Waals surface area contributed by atoms with Crippen LogP contribution in [0.15, 0.2) is 0 Å². The fraction of sp³-hybridized carbons (Fsp3) is 0.900. The van der Waals surface area contributed by atoms with Crippen molar-refractivity contribution in [2.75, 3.05) is 37.7 Å². The molecule has 106 valence electrons. The molecule has 0 aromatic carbocycles. The Morgan fingerprint density at radius 1 is 1.28 bits per heavy atom. The van der Waals surface area contributed by atoms with Gasteiger partial charge in [0, 0.05) is 0 Å². The average Bonchev–Trinajstić information content (AvgIpc) is 2.22. The van der Waals surface area contributed by atoms with Crippen molar-refractivity contribution >= 4 is 15.7 Å². The number of amides is 1. The molecule has 1 amide bonds. The third kappa shape index (κ3) is 2.79. The highest BCUT2D eigenvalue weighted by atomic mass is 35.5. The van der Waals surface area contributed by atoms with E-state index in [-0.39, 0.29) is 30.0 Å². The lowest BCUT2D eigenvalue weighted by Gasteiger charge is -2.50. The van der Waals surface area contributed by atoms with E-state index in [9.17, 15) is 13.2 Å². The van der Waals surface area contributed by atoms with Crippen molar-refractivity contribution in [3.8, 4) is 0 Å². The number of ether oxygens (including phenoxy) is 1. The fourth-order valence-corrected chi connectivity index (χ4v) is 4.44. The smallest absolute Gasteiger partial charge is 0.278 e. The Hall–Kier alpha value is -0.370. The Kier molecular flexibility index (Phi) is 4.64. The lowest BCUT2D eigenvalue weighted by molar-refractivity contribution is -0.950. The summed E-state index contributed by atoms with van der Waals surface area (Å²) in [6, 6.07) is -0.417. The van der Waals surface area contributed by atoms with E-state index in [0.717, 1.165) is 0 Å². The highest BCUT2D eigenvalue weighted by Gasteiger charge is 2.50. The Balaban J connectivity index is 0.00000162. The van der Waals surface area contributed by atoms with E-state index in [2.05, 4.69) is 0 Å². The highest BCUT2D eigenvalue weighted by molar-refractivity contribution is 7.91. The number of halogens is 1. The Morgan fingerprint density at radius 2 is 1.83 bits per heavy atom. The van der Waals surface area contributed by atoms with Gasteiger partial charge in [-0.3, -0.25) is 4.79 Å². The number of morpholine rings is 1. The van der Waals surface area contributed by atoms with Crippen LogP contribution in [0.3, 0.4) is 0 Å². The van der Waals surface area contributed by atoms with Crippen molar-refractivity contribution < 1.29 is 34.8 Å². The van der Waals surface area contributed by atoms with Crippen LogP contribution in [0.5, 0.6) is 0 Å². The van der Waals surface area contributed by atoms with Crippen LogP contribution in [-0.2, 0) is 19.4 Å². The molecule has 6 nitrogen and oxygen atoms in total. The molecular weight excluding hydrogens is 280 g/mol. The molecule has 2 aliphatic rings. The minimum Gasteiger partial charge on any atom is -1.00 e. The molecular formula is C10H19ClN2O4S. The summed E-state index contributed by atoms with van der Waals surface area (Å²) in [5, 5.41) is 0. The van der Waals surface area contributed by atoms with E-state index in [1.807, 2.05) is 6.92 Å². The van der Waals surface area contributed by atoms with Gasteiger partial charge in [-0.2, -0.15) is 0 Å². The van der Waals surface area contributed by atoms with Crippen molar-refractivity contribution in [2.24, 2.45) is 5.73 Å². The fourth-order valence-electron chi connectivity index (χ4n) is 2.95. The summed E-state index contributed by atoms with van der Waals surface area (Å²) in [4.78, 5) is 11.6. The zero-order valence-corrected chi connectivity index (χ0v) is 11.9. The predicted octanol–water partition coefficient (Wildman–Crippen LogP) is -4.49. The summed E-state index contributed by atoms with van der Waals surface area (Å²) in [5.41, 5.74) is 5.45. The molecule has 0 radical (unpaired) electrons. The number of rotatable bonds is 1. The van der Waals surface area contributed by atoms with E-state index in [0.29, 0.717) is 30.7 Å². The van der Waals surface area contributed by atoms with Gasteiger partial charge >= 0.3 is 0 Å². The number of primary amides is 1. The maximum atomic E-state index is 11.6. The van der Waals surface area contributed by atoms with E-state index >= 15 is 0 Å². The summed E-state index contributed by atoms with van der Waals surface area (Å²) >= 11 is 0. The molecule has 0 aromatic heterocycles. The first kappa shape index (κ1) is 15.7. The number of carbonyl (C=O) groups is 1. The first-order valence-corrected chi connectivity index (χ1v) is 7.66. The van der Waals surface area contributed by atoms with Crippen LogP contribution in [0.25, 0.3) is 0 Å². The molecule has 18 heavy (non-hydrogen) atoms. The van der Waals surface area contributed by atoms with Crippen LogP contribution in [-0.4, -0.2) is 68.7 Å². The van der Waals surface area contributed by atoms with Crippen LogP contribution in [0.2, 0.25) is 0 Å². The number of nitrogens with two attached hydrogens (primary N) is 1. The van der Waals surface area contributed by atoms with Crippen LogP contribution in [0, 0.1) is 0 Å². The van der Waals surface area contributed by atoms with E-state index < -0.39 is 21.8 Å². The number of carbonyl (C=O) groups excluding carboxylic acids is 1. The molecule has 0 saturated carbocycles. The van der Waals surface area contributed by atoms with Gasteiger partial charge in [0.25, 0.3) is 5.91 Å². The zero-order valence-electron chi connectivity index (χ0n) is 10.3. The van der Waals surface area contributed by atoms with E-state index in [4.69, 9.17) is 10.5 Å². The van der Waals surface area contributed by atoms with Gasteiger partial charge in [-0.25, -0.2) is 8.42 Å². The average molecular weight is 299 g/mol. The lowest BCUT2D eigenvalue weighted by Crippen LogP contribution is -3.00. The summed E-state index contributed by atoms with van der Waals surface area (Å²) in [6.07, 6.45) is -0.234. The molecule has 0 aromatic rings. The molecule has 0 bridgehead atoms. The quantitative estimate of drug-likeness (QED) is 0.495. The molecule has 0 unspecified atom stereocenters. The lowest BCUT2D eigenvalue weighted by atomic mass is 10.0. The van der Waals surface area contributed by atoms with Gasteiger partial charge in [0.2, 0.25) is 0 Å². The maximum absolute atomic E-state index is 11.6. The Bertz CT molecular complexity index is 412. The summed E-state index contributed by atoms with van der Waals surface area (Å²) in [6.45, 7) is 4.02.